The Morgan fingerprint density at radius 1 is 1.47 bits per heavy atom. The van der Waals surface area contributed by atoms with Crippen molar-refractivity contribution in [2.75, 3.05) is 0 Å². The lowest BCUT2D eigenvalue weighted by Gasteiger charge is -2.37. The smallest absolute Gasteiger partial charge is 0.192 e. The SMILES string of the molecule is C=C(C)C#CC1=CC(O[Si](C)(C)C(C)(C)C)CC1=O. The molecule has 0 aliphatic heterocycles. The first-order valence-electron chi connectivity index (χ1n) is 6.63. The molecule has 0 aromatic carbocycles. The Balaban J connectivity index is 2.83. The third-order valence-corrected chi connectivity index (χ3v) is 8.21. The normalized spacial score (nSPS) is 19.8. The zero-order valence-corrected chi connectivity index (χ0v) is 13.9. The van der Waals surface area contributed by atoms with Gasteiger partial charge >= 0.3 is 0 Å². The van der Waals surface area contributed by atoms with Crippen molar-refractivity contribution in [3.8, 4) is 11.8 Å². The standard InChI is InChI=1S/C16H24O2Si/c1-12(2)8-9-13-10-14(11-15(13)17)18-19(6,7)16(3,4)5/h10,14H,1,11H2,2-7H3. The van der Waals surface area contributed by atoms with Crippen LogP contribution in [0.25, 0.3) is 0 Å². The van der Waals surface area contributed by atoms with E-state index < -0.39 is 8.32 Å². The molecular formula is C16H24O2Si. The maximum atomic E-state index is 11.9. The molecule has 1 unspecified atom stereocenters. The lowest BCUT2D eigenvalue weighted by atomic mass is 10.2. The van der Waals surface area contributed by atoms with Crippen LogP contribution < -0.4 is 0 Å². The minimum atomic E-state index is -1.84. The van der Waals surface area contributed by atoms with Crippen molar-refractivity contribution < 1.29 is 9.22 Å². The van der Waals surface area contributed by atoms with Crippen molar-refractivity contribution in [2.24, 2.45) is 0 Å². The number of carbonyl (C=O) groups excluding carboxylic acids is 1. The van der Waals surface area contributed by atoms with Crippen LogP contribution in [0.2, 0.25) is 18.1 Å². The fourth-order valence-corrected chi connectivity index (χ4v) is 2.81. The molecule has 1 rings (SSSR count). The van der Waals surface area contributed by atoms with Gasteiger partial charge in [-0.1, -0.05) is 39.2 Å². The number of Topliss-reactive ketones (excluding diaryl/α,β-unsaturated/α-hetero) is 1. The van der Waals surface area contributed by atoms with E-state index in [1.54, 1.807) is 0 Å². The van der Waals surface area contributed by atoms with E-state index in [1.165, 1.54) is 0 Å². The Kier molecular flexibility index (Phi) is 4.60. The minimum Gasteiger partial charge on any atom is -0.410 e. The van der Waals surface area contributed by atoms with Gasteiger partial charge in [-0.05, 0) is 36.7 Å². The van der Waals surface area contributed by atoms with E-state index in [0.29, 0.717) is 12.0 Å². The first-order valence-corrected chi connectivity index (χ1v) is 9.54. The second kappa shape index (κ2) is 5.48. The van der Waals surface area contributed by atoms with Crippen LogP contribution in [-0.4, -0.2) is 20.2 Å². The lowest BCUT2D eigenvalue weighted by molar-refractivity contribution is -0.115. The predicted molar refractivity (Wildman–Crippen MR) is 82.4 cm³/mol. The molecule has 0 saturated carbocycles. The van der Waals surface area contributed by atoms with Gasteiger partial charge < -0.3 is 4.43 Å². The summed E-state index contributed by atoms with van der Waals surface area (Å²) in [6, 6.07) is 0. The highest BCUT2D eigenvalue weighted by Crippen LogP contribution is 2.38. The Morgan fingerprint density at radius 2 is 2.05 bits per heavy atom. The van der Waals surface area contributed by atoms with Crippen LogP contribution >= 0.6 is 0 Å². The van der Waals surface area contributed by atoms with Crippen LogP contribution in [0.15, 0.2) is 23.8 Å². The van der Waals surface area contributed by atoms with Crippen molar-refractivity contribution in [1.82, 2.24) is 0 Å². The van der Waals surface area contributed by atoms with Crippen LogP contribution in [0, 0.1) is 11.8 Å². The molecule has 0 aromatic heterocycles. The number of ketones is 1. The van der Waals surface area contributed by atoms with Crippen LogP contribution in [-0.2, 0) is 9.22 Å². The van der Waals surface area contributed by atoms with Gasteiger partial charge in [0.05, 0.1) is 11.7 Å². The molecule has 19 heavy (non-hydrogen) atoms. The number of carbonyl (C=O) groups is 1. The van der Waals surface area contributed by atoms with Crippen molar-refractivity contribution in [2.45, 2.75) is 58.4 Å². The van der Waals surface area contributed by atoms with E-state index in [0.717, 1.165) is 5.57 Å². The molecule has 0 bridgehead atoms. The van der Waals surface area contributed by atoms with E-state index in [9.17, 15) is 4.79 Å². The average molecular weight is 276 g/mol. The maximum Gasteiger partial charge on any atom is 0.192 e. The number of rotatable bonds is 2. The van der Waals surface area contributed by atoms with Crippen molar-refractivity contribution in [3.63, 3.8) is 0 Å². The fraction of sp³-hybridized carbons (Fsp3) is 0.562. The molecule has 0 spiro atoms. The van der Waals surface area contributed by atoms with Gasteiger partial charge in [-0.3, -0.25) is 4.79 Å². The van der Waals surface area contributed by atoms with Gasteiger partial charge in [0.25, 0.3) is 0 Å². The van der Waals surface area contributed by atoms with Gasteiger partial charge in [0.15, 0.2) is 14.1 Å². The van der Waals surface area contributed by atoms with Crippen molar-refractivity contribution >= 4 is 14.1 Å². The summed E-state index contributed by atoms with van der Waals surface area (Å²) in [6.07, 6.45) is 2.19. The molecule has 1 aliphatic rings. The Hall–Kier alpha value is -1.11. The molecular weight excluding hydrogens is 252 g/mol. The van der Waals surface area contributed by atoms with Gasteiger partial charge in [0.1, 0.15) is 0 Å². The number of hydrogen-bond donors (Lipinski definition) is 0. The number of hydrogen-bond acceptors (Lipinski definition) is 2. The second-order valence-electron chi connectivity index (χ2n) is 6.65. The van der Waals surface area contributed by atoms with Gasteiger partial charge in [-0.25, -0.2) is 0 Å². The molecule has 2 nitrogen and oxygen atoms in total. The predicted octanol–water partition coefficient (Wildman–Crippen LogP) is 3.86. The van der Waals surface area contributed by atoms with E-state index >= 15 is 0 Å². The molecule has 0 radical (unpaired) electrons. The summed E-state index contributed by atoms with van der Waals surface area (Å²) in [7, 11) is -1.84. The molecule has 0 saturated heterocycles. The summed E-state index contributed by atoms with van der Waals surface area (Å²) >= 11 is 0. The average Bonchev–Trinajstić information content (AvgIpc) is 2.53. The molecule has 1 atom stereocenters. The molecule has 3 heteroatoms. The first-order chi connectivity index (χ1) is 8.53. The van der Waals surface area contributed by atoms with E-state index in [4.69, 9.17) is 4.43 Å². The van der Waals surface area contributed by atoms with Gasteiger partial charge in [-0.2, -0.15) is 0 Å². The molecule has 0 aromatic rings. The largest absolute Gasteiger partial charge is 0.410 e. The maximum absolute atomic E-state index is 11.9. The summed E-state index contributed by atoms with van der Waals surface area (Å²) in [6.45, 7) is 16.5. The monoisotopic (exact) mass is 276 g/mol. The first kappa shape index (κ1) is 15.9. The molecule has 0 fully saturated rings. The van der Waals surface area contributed by atoms with Gasteiger partial charge in [-0.15, -0.1) is 0 Å². The van der Waals surface area contributed by atoms with Crippen LogP contribution in [0.5, 0.6) is 0 Å². The Morgan fingerprint density at radius 3 is 2.53 bits per heavy atom. The highest BCUT2D eigenvalue weighted by Gasteiger charge is 2.40. The lowest BCUT2D eigenvalue weighted by Crippen LogP contribution is -2.43. The van der Waals surface area contributed by atoms with E-state index in [2.05, 4.69) is 52.3 Å². The van der Waals surface area contributed by atoms with Crippen molar-refractivity contribution in [3.05, 3.63) is 23.8 Å². The summed E-state index contributed by atoms with van der Waals surface area (Å²) in [5, 5.41) is 0.149. The molecule has 104 valence electrons. The quantitative estimate of drug-likeness (QED) is 0.565. The molecule has 0 N–H and O–H groups in total. The minimum absolute atomic E-state index is 0.0810. The van der Waals surface area contributed by atoms with Gasteiger partial charge in [0.2, 0.25) is 0 Å². The third kappa shape index (κ3) is 4.19. The topological polar surface area (TPSA) is 26.3 Å². The highest BCUT2D eigenvalue weighted by molar-refractivity contribution is 6.74. The van der Waals surface area contributed by atoms with E-state index in [1.807, 2.05) is 13.0 Å². The highest BCUT2D eigenvalue weighted by atomic mass is 28.4. The third-order valence-electron chi connectivity index (χ3n) is 3.70. The van der Waals surface area contributed by atoms with E-state index in [-0.39, 0.29) is 16.9 Å². The van der Waals surface area contributed by atoms with Gasteiger partial charge in [0, 0.05) is 6.42 Å². The summed E-state index contributed by atoms with van der Waals surface area (Å²) in [4.78, 5) is 11.9. The summed E-state index contributed by atoms with van der Waals surface area (Å²) in [5.74, 6) is 5.82. The number of allylic oxidation sites excluding steroid dienone is 2. The summed E-state index contributed by atoms with van der Waals surface area (Å²) < 4.78 is 6.22. The molecule has 0 amide bonds. The van der Waals surface area contributed by atoms with Crippen LogP contribution in [0.3, 0.4) is 0 Å². The zero-order valence-electron chi connectivity index (χ0n) is 12.9. The fourth-order valence-electron chi connectivity index (χ4n) is 1.55. The van der Waals surface area contributed by atoms with Crippen LogP contribution in [0.1, 0.15) is 34.1 Å². The summed E-state index contributed by atoms with van der Waals surface area (Å²) in [5.41, 5.74) is 1.34. The van der Waals surface area contributed by atoms with Crippen LogP contribution in [0.4, 0.5) is 0 Å². The van der Waals surface area contributed by atoms with Crippen molar-refractivity contribution in [1.29, 1.82) is 0 Å². The molecule has 0 heterocycles. The Bertz CT molecular complexity index is 481. The second-order valence-corrected chi connectivity index (χ2v) is 11.4. The Labute approximate surface area is 118 Å². The molecule has 1 aliphatic carbocycles. The zero-order chi connectivity index (χ0) is 14.8.